The van der Waals surface area contributed by atoms with E-state index in [-0.39, 0.29) is 0 Å². The molecule has 0 bridgehead atoms. The second-order valence-corrected chi connectivity index (χ2v) is 2.24. The van der Waals surface area contributed by atoms with Crippen molar-refractivity contribution in [2.45, 2.75) is 0 Å². The van der Waals surface area contributed by atoms with Gasteiger partial charge >= 0.3 is 0 Å². The van der Waals surface area contributed by atoms with Crippen LogP contribution in [0, 0.1) is 0 Å². The molecule has 0 aliphatic carbocycles. The molecule has 72 valence electrons. The standard InChI is InChI=1S/CH11IN8O2/c1-7-9(3,4)11-12-10(5,6)8-2/h8H,1,3-6H2/q+2. The van der Waals surface area contributed by atoms with E-state index in [1.54, 1.807) is 22.9 Å². The van der Waals surface area contributed by atoms with E-state index in [4.69, 9.17) is 23.4 Å². The van der Waals surface area contributed by atoms with Gasteiger partial charge in [-0.15, -0.1) is 11.7 Å². The first-order chi connectivity index (χ1) is 5.33. The predicted octanol–water partition coefficient (Wildman–Crippen LogP) is -2.64. The number of halogens is 1. The third kappa shape index (κ3) is 4.83. The molecule has 0 aromatic rings. The van der Waals surface area contributed by atoms with Gasteiger partial charge in [0.05, 0.1) is 44.5 Å². The van der Waals surface area contributed by atoms with Gasteiger partial charge in [0.1, 0.15) is 4.97 Å². The maximum absolute atomic E-state index is 5.14. The summed E-state index contributed by atoms with van der Waals surface area (Å²) in [6.07, 6.45) is 0. The van der Waals surface area contributed by atoms with Gasteiger partial charge in [0.25, 0.3) is 0 Å². The van der Waals surface area contributed by atoms with Crippen molar-refractivity contribution < 1.29 is 19.9 Å². The number of nitrogens with two attached hydrogens (primary N) is 4. The highest BCUT2D eigenvalue weighted by Gasteiger charge is 2.29. The summed E-state index contributed by atoms with van der Waals surface area (Å²) in [6, 6.07) is 0. The lowest BCUT2D eigenvalue weighted by Gasteiger charge is -2.19. The van der Waals surface area contributed by atoms with Crippen LogP contribution in [0.2, 0.25) is 0 Å². The summed E-state index contributed by atoms with van der Waals surface area (Å²) >= 11 is 1.63. The summed E-state index contributed by atoms with van der Waals surface area (Å²) in [4.78, 5) is 6.19. The number of quaternary nitrogens is 2. The van der Waals surface area contributed by atoms with Gasteiger partial charge in [0, 0.05) is 0 Å². The second kappa shape index (κ2) is 4.33. The van der Waals surface area contributed by atoms with Crippen molar-refractivity contribution in [3.63, 3.8) is 0 Å². The third-order valence-corrected chi connectivity index (χ3v) is 1.38. The van der Waals surface area contributed by atoms with Gasteiger partial charge in [-0.1, -0.05) is 11.7 Å². The monoisotopic (exact) mass is 294 g/mol. The van der Waals surface area contributed by atoms with Gasteiger partial charge < -0.3 is 0 Å². The number of rotatable bonds is 5. The van der Waals surface area contributed by atoms with Crippen LogP contribution in [0.1, 0.15) is 0 Å². The first-order valence-corrected chi connectivity index (χ1v) is 3.57. The zero-order valence-corrected chi connectivity index (χ0v) is 8.21. The highest BCUT2D eigenvalue weighted by Crippen LogP contribution is 1.95. The van der Waals surface area contributed by atoms with Crippen molar-refractivity contribution >= 4 is 29.6 Å². The minimum absolute atomic E-state index is 1.09. The van der Waals surface area contributed by atoms with Crippen molar-refractivity contribution in [2.75, 3.05) is 0 Å². The molecule has 0 amide bonds. The lowest BCUT2D eigenvalue weighted by Crippen LogP contribution is -2.68. The summed E-state index contributed by atoms with van der Waals surface area (Å²) in [5, 5.41) is 3.10. The lowest BCUT2D eigenvalue weighted by atomic mass is 11.7. The molecule has 0 aromatic heterocycles. The second-order valence-electron chi connectivity index (χ2n) is 1.76. The van der Waals surface area contributed by atoms with E-state index in [9.17, 15) is 0 Å². The van der Waals surface area contributed by atoms with Crippen LogP contribution in [0.4, 0.5) is 0 Å². The topological polar surface area (TPSA) is 147 Å². The molecule has 0 aliphatic rings. The van der Waals surface area contributed by atoms with Crippen LogP contribution in [0.15, 0.2) is 5.10 Å². The SMILES string of the molecule is C=N[N+](N)(N)OO[N+](N)(N)NI. The average Bonchev–Trinajstić information content (AvgIpc) is 2.02. The quantitative estimate of drug-likeness (QED) is 0.0708. The van der Waals surface area contributed by atoms with E-state index in [1.807, 2.05) is 0 Å². The van der Waals surface area contributed by atoms with Crippen LogP contribution in [0.5, 0.6) is 0 Å². The molecule has 0 rings (SSSR count). The zero-order valence-electron chi connectivity index (χ0n) is 6.05. The minimum Gasteiger partial charge on any atom is -0.104 e. The molecule has 0 unspecified atom stereocenters. The number of hydrogen-bond donors (Lipinski definition) is 5. The van der Waals surface area contributed by atoms with Crippen molar-refractivity contribution in [2.24, 2.45) is 28.5 Å². The Morgan fingerprint density at radius 2 is 1.75 bits per heavy atom. The fraction of sp³-hybridized carbons (Fsp3) is 0. The third-order valence-electron chi connectivity index (χ3n) is 0.629. The van der Waals surface area contributed by atoms with Gasteiger partial charge in [-0.2, -0.15) is 0 Å². The maximum atomic E-state index is 5.14. The normalized spacial score (nSPS) is 13.1. The highest BCUT2D eigenvalue weighted by atomic mass is 127. The first-order valence-electron chi connectivity index (χ1n) is 2.49. The Balaban J connectivity index is 3.90. The van der Waals surface area contributed by atoms with Crippen molar-refractivity contribution in [3.8, 4) is 0 Å². The summed E-state index contributed by atoms with van der Waals surface area (Å²) < 4.78 is 2.27. The number of nitrogens with one attached hydrogen (secondary N) is 1. The summed E-state index contributed by atoms with van der Waals surface area (Å²) in [6.45, 7) is 3.02. The number of nitrogens with zero attached hydrogens (tertiary/aromatic N) is 3. The van der Waals surface area contributed by atoms with E-state index in [1.165, 1.54) is 0 Å². The summed E-state index contributed by atoms with van der Waals surface area (Å²) in [5.74, 6) is 20.4. The molecule has 11 heteroatoms. The van der Waals surface area contributed by atoms with Crippen LogP contribution in [-0.4, -0.2) is 16.7 Å². The number of hydrogen-bond acceptors (Lipinski definition) is 8. The maximum Gasteiger partial charge on any atom is 0.123 e. The van der Waals surface area contributed by atoms with Crippen molar-refractivity contribution in [1.29, 1.82) is 0 Å². The van der Waals surface area contributed by atoms with Gasteiger partial charge in [-0.3, -0.25) is 0 Å². The lowest BCUT2D eigenvalue weighted by molar-refractivity contribution is -1.30. The van der Waals surface area contributed by atoms with Crippen LogP contribution < -0.4 is 27.0 Å². The van der Waals surface area contributed by atoms with Crippen LogP contribution in [-0.2, 0) is 9.98 Å². The Morgan fingerprint density at radius 3 is 2.08 bits per heavy atom. The molecule has 0 radical (unpaired) electrons. The molecule has 0 saturated carbocycles. The van der Waals surface area contributed by atoms with Crippen LogP contribution >= 0.6 is 22.9 Å². The molecule has 0 atom stereocenters. The van der Waals surface area contributed by atoms with E-state index in [2.05, 4.69) is 25.4 Å². The Kier molecular flexibility index (Phi) is 4.34. The zero-order chi connectivity index (χ0) is 9.83. The Bertz CT molecular complexity index is 157. The average molecular weight is 294 g/mol. The van der Waals surface area contributed by atoms with Gasteiger partial charge in [0.15, 0.2) is 0 Å². The predicted molar refractivity (Wildman–Crippen MR) is 46.1 cm³/mol. The molecule has 0 fully saturated rings. The molecule has 0 aliphatic heterocycles. The molecular formula is CH11IN8O2+2. The first kappa shape index (κ1) is 12.0. The van der Waals surface area contributed by atoms with Crippen molar-refractivity contribution in [3.05, 3.63) is 0 Å². The molecule has 12 heavy (non-hydrogen) atoms. The molecule has 9 N–H and O–H groups in total. The highest BCUT2D eigenvalue weighted by molar-refractivity contribution is 14.1. The molecule has 0 heterocycles. The van der Waals surface area contributed by atoms with E-state index < -0.39 is 9.95 Å². The fourth-order valence-electron chi connectivity index (χ4n) is 0.146. The molecular weight excluding hydrogens is 283 g/mol. The minimum atomic E-state index is -1.27. The van der Waals surface area contributed by atoms with Crippen LogP contribution in [0.3, 0.4) is 0 Å². The van der Waals surface area contributed by atoms with E-state index >= 15 is 0 Å². The molecule has 0 aromatic carbocycles. The fourth-order valence-corrected chi connectivity index (χ4v) is 0.227. The van der Waals surface area contributed by atoms with E-state index in [0.717, 1.165) is 0 Å². The Labute approximate surface area is 82.0 Å². The molecule has 0 saturated heterocycles. The van der Waals surface area contributed by atoms with Gasteiger partial charge in [0.2, 0.25) is 0 Å². The summed E-state index contributed by atoms with van der Waals surface area (Å²) in [7, 11) is 0. The Morgan fingerprint density at radius 1 is 1.25 bits per heavy atom. The Hall–Kier alpha value is 0.0400. The molecule has 10 nitrogen and oxygen atoms in total. The largest absolute Gasteiger partial charge is 0.123 e. The molecule has 0 spiro atoms. The van der Waals surface area contributed by atoms with Gasteiger partial charge in [-0.05, 0) is 8.74 Å². The van der Waals surface area contributed by atoms with Crippen LogP contribution in [0.25, 0.3) is 0 Å². The van der Waals surface area contributed by atoms with Crippen molar-refractivity contribution in [1.82, 2.24) is 3.64 Å². The smallest absolute Gasteiger partial charge is 0.104 e. The van der Waals surface area contributed by atoms with E-state index in [0.29, 0.717) is 0 Å². The van der Waals surface area contributed by atoms with Gasteiger partial charge in [-0.25, -0.2) is 0 Å². The summed E-state index contributed by atoms with van der Waals surface area (Å²) in [5.41, 5.74) is 0.